The van der Waals surface area contributed by atoms with Crippen LogP contribution in [0.15, 0.2) is 53.5 Å². The average Bonchev–Trinajstić information content (AvgIpc) is 2.97. The van der Waals surface area contributed by atoms with Crippen LogP contribution in [0.1, 0.15) is 50.4 Å². The summed E-state index contributed by atoms with van der Waals surface area (Å²) < 4.78 is 12.4. The van der Waals surface area contributed by atoms with Gasteiger partial charge in [0.25, 0.3) is 0 Å². The van der Waals surface area contributed by atoms with Crippen molar-refractivity contribution in [2.24, 2.45) is 4.99 Å². The highest BCUT2D eigenvalue weighted by atomic mass is 32.2. The number of carbonyl (C=O) groups excluding carboxylic acids is 1. The maximum atomic E-state index is 13.0. The van der Waals surface area contributed by atoms with Crippen LogP contribution in [0.3, 0.4) is 0 Å². The molecule has 1 aliphatic rings. The lowest BCUT2D eigenvalue weighted by atomic mass is 9.99. The molecule has 1 aliphatic heterocycles. The van der Waals surface area contributed by atoms with Crippen LogP contribution in [0.2, 0.25) is 0 Å². The van der Waals surface area contributed by atoms with Crippen LogP contribution in [-0.2, 0) is 11.2 Å². The first-order chi connectivity index (χ1) is 13.4. The van der Waals surface area contributed by atoms with Gasteiger partial charge in [-0.1, -0.05) is 49.9 Å². The molecule has 0 spiro atoms. The third kappa shape index (κ3) is 5.20. The Morgan fingerprint density at radius 1 is 1.18 bits per heavy atom. The van der Waals surface area contributed by atoms with Crippen molar-refractivity contribution in [2.45, 2.75) is 44.9 Å². The van der Waals surface area contributed by atoms with E-state index in [9.17, 15) is 9.18 Å². The fourth-order valence-electron chi connectivity index (χ4n) is 2.77. The molecule has 1 saturated heterocycles. The number of nitrogens with one attached hydrogen (secondary N) is 1. The Labute approximate surface area is 169 Å². The minimum absolute atomic E-state index is 0.0862. The second-order valence-electron chi connectivity index (χ2n) is 6.43. The van der Waals surface area contributed by atoms with Gasteiger partial charge in [-0.05, 0) is 55.7 Å². The van der Waals surface area contributed by atoms with Crippen molar-refractivity contribution in [3.63, 3.8) is 0 Å². The zero-order chi connectivity index (χ0) is 20.7. The summed E-state index contributed by atoms with van der Waals surface area (Å²) in [4.78, 5) is 17.1. The van der Waals surface area contributed by atoms with Crippen molar-refractivity contribution in [3.05, 3.63) is 71.0 Å². The Balaban J connectivity index is 0.00000136. The van der Waals surface area contributed by atoms with Crippen molar-refractivity contribution < 1.29 is 9.18 Å². The first-order valence-corrected chi connectivity index (χ1v) is 10.0. The number of benzene rings is 2. The number of amides is 1. The molecule has 2 aromatic rings. The van der Waals surface area contributed by atoms with Crippen molar-refractivity contribution in [3.8, 4) is 6.07 Å². The van der Waals surface area contributed by atoms with Gasteiger partial charge in [0, 0.05) is 0 Å². The second-order valence-corrected chi connectivity index (χ2v) is 7.93. The number of nitriles is 1. The van der Waals surface area contributed by atoms with Crippen molar-refractivity contribution in [2.75, 3.05) is 0 Å². The monoisotopic (exact) mass is 397 g/mol. The van der Waals surface area contributed by atoms with Crippen molar-refractivity contribution in [1.82, 2.24) is 5.32 Å². The molecule has 3 rings (SSSR count). The van der Waals surface area contributed by atoms with Gasteiger partial charge in [-0.15, -0.1) is 0 Å². The summed E-state index contributed by atoms with van der Waals surface area (Å²) in [5.74, 6) is -0.371. The Morgan fingerprint density at radius 2 is 1.79 bits per heavy atom. The number of halogens is 1. The molecule has 6 heteroatoms. The number of carbonyl (C=O) groups is 1. The highest BCUT2D eigenvalue weighted by Crippen LogP contribution is 2.36. The number of aliphatic imine (C=N–C) groups is 1. The predicted octanol–water partition coefficient (Wildman–Crippen LogP) is 5.00. The van der Waals surface area contributed by atoms with Crippen LogP contribution in [0.25, 0.3) is 0 Å². The first kappa shape index (κ1) is 21.6. The number of nitrogens with zero attached hydrogens (tertiary/aromatic N) is 2. The Kier molecular flexibility index (Phi) is 7.36. The molecule has 2 atom stereocenters. The number of hydrogen-bond donors (Lipinski definition) is 1. The molecule has 4 nitrogen and oxygen atoms in total. The van der Waals surface area contributed by atoms with E-state index in [-0.39, 0.29) is 17.8 Å². The standard InChI is InChI=1S/C20H18FN3OS.C2H6/c1-13(16-7-9-17(21)10-8-16)23-19-24-18(25)20(2,26-19)11-14-3-5-15(12-22)6-4-14;1-2/h3-10,13H,11H2,1-2H3,(H,23,24,25);1-2H3/t13-,20?;/m0./s1. The number of hydrogen-bond acceptors (Lipinski definition) is 4. The summed E-state index contributed by atoms with van der Waals surface area (Å²) in [7, 11) is 0. The van der Waals surface area contributed by atoms with Gasteiger partial charge in [-0.3, -0.25) is 9.79 Å². The molecule has 146 valence electrons. The fourth-order valence-corrected chi connectivity index (χ4v) is 3.93. The summed E-state index contributed by atoms with van der Waals surface area (Å²) in [5, 5.41) is 12.3. The van der Waals surface area contributed by atoms with Gasteiger partial charge in [-0.2, -0.15) is 5.26 Å². The SMILES string of the molecule is CC.C[C@H](N=C1NC(=O)C(C)(Cc2ccc(C#N)cc2)S1)c1ccc(F)cc1. The molecule has 0 saturated carbocycles. The van der Waals surface area contributed by atoms with Crippen LogP contribution in [0.5, 0.6) is 0 Å². The zero-order valence-electron chi connectivity index (χ0n) is 16.5. The van der Waals surface area contributed by atoms with Crippen LogP contribution < -0.4 is 5.32 Å². The molecule has 0 bridgehead atoms. The van der Waals surface area contributed by atoms with Gasteiger partial charge in [0.15, 0.2) is 5.17 Å². The van der Waals surface area contributed by atoms with Gasteiger partial charge < -0.3 is 5.32 Å². The molecule has 2 aromatic carbocycles. The number of amidine groups is 1. The molecule has 1 unspecified atom stereocenters. The molecule has 0 aliphatic carbocycles. The number of thioether (sulfide) groups is 1. The highest BCUT2D eigenvalue weighted by molar-refractivity contribution is 8.16. The second kappa shape index (κ2) is 9.52. The van der Waals surface area contributed by atoms with Gasteiger partial charge in [0.1, 0.15) is 10.6 Å². The normalized spacial score (nSPS) is 20.7. The summed E-state index contributed by atoms with van der Waals surface area (Å²) in [6.45, 7) is 7.79. The third-order valence-corrected chi connectivity index (χ3v) is 5.49. The minimum Gasteiger partial charge on any atom is -0.304 e. The van der Waals surface area contributed by atoms with Crippen LogP contribution >= 0.6 is 11.8 Å². The molecule has 1 N–H and O–H groups in total. The van der Waals surface area contributed by atoms with E-state index < -0.39 is 4.75 Å². The van der Waals surface area contributed by atoms with Gasteiger partial charge >= 0.3 is 0 Å². The predicted molar refractivity (Wildman–Crippen MR) is 113 cm³/mol. The summed E-state index contributed by atoms with van der Waals surface area (Å²) in [5.41, 5.74) is 2.47. The lowest BCUT2D eigenvalue weighted by molar-refractivity contribution is -0.121. The first-order valence-electron chi connectivity index (χ1n) is 9.22. The molecular weight excluding hydrogens is 373 g/mol. The lowest BCUT2D eigenvalue weighted by Gasteiger charge is -2.18. The fraction of sp³-hybridized carbons (Fsp3) is 0.318. The van der Waals surface area contributed by atoms with Gasteiger partial charge in [0.05, 0.1) is 17.7 Å². The Bertz CT molecular complexity index is 887. The summed E-state index contributed by atoms with van der Waals surface area (Å²) in [6.07, 6.45) is 0.541. The molecule has 28 heavy (non-hydrogen) atoms. The molecule has 1 fully saturated rings. The zero-order valence-corrected chi connectivity index (χ0v) is 17.3. The largest absolute Gasteiger partial charge is 0.304 e. The molecule has 1 amide bonds. The van der Waals surface area contributed by atoms with E-state index in [0.29, 0.717) is 17.2 Å². The van der Waals surface area contributed by atoms with Crippen molar-refractivity contribution >= 4 is 22.8 Å². The number of rotatable bonds is 4. The molecule has 1 heterocycles. The molecule has 0 radical (unpaired) electrons. The van der Waals surface area contributed by atoms with E-state index in [4.69, 9.17) is 5.26 Å². The summed E-state index contributed by atoms with van der Waals surface area (Å²) in [6, 6.07) is 15.3. The van der Waals surface area contributed by atoms with E-state index >= 15 is 0 Å². The minimum atomic E-state index is -0.657. The Hall–Kier alpha value is -2.65. The van der Waals surface area contributed by atoms with Crippen LogP contribution in [0.4, 0.5) is 4.39 Å². The third-order valence-electron chi connectivity index (χ3n) is 4.31. The molecule has 0 aromatic heterocycles. The quantitative estimate of drug-likeness (QED) is 0.789. The Morgan fingerprint density at radius 3 is 2.36 bits per heavy atom. The summed E-state index contributed by atoms with van der Waals surface area (Å²) >= 11 is 1.40. The van der Waals surface area contributed by atoms with Crippen LogP contribution in [-0.4, -0.2) is 15.8 Å². The van der Waals surface area contributed by atoms with Gasteiger partial charge in [0.2, 0.25) is 5.91 Å². The highest BCUT2D eigenvalue weighted by Gasteiger charge is 2.42. The van der Waals surface area contributed by atoms with E-state index in [1.54, 1.807) is 24.3 Å². The lowest BCUT2D eigenvalue weighted by Crippen LogP contribution is -2.35. The van der Waals surface area contributed by atoms with E-state index in [1.165, 1.54) is 23.9 Å². The van der Waals surface area contributed by atoms with Crippen molar-refractivity contribution in [1.29, 1.82) is 5.26 Å². The maximum absolute atomic E-state index is 13.0. The van der Waals surface area contributed by atoms with Gasteiger partial charge in [-0.25, -0.2) is 4.39 Å². The van der Waals surface area contributed by atoms with E-state index in [0.717, 1.165) is 11.1 Å². The maximum Gasteiger partial charge on any atom is 0.242 e. The average molecular weight is 398 g/mol. The molecular formula is C22H24FN3OS. The van der Waals surface area contributed by atoms with E-state index in [1.807, 2.05) is 39.8 Å². The van der Waals surface area contributed by atoms with E-state index in [2.05, 4.69) is 16.4 Å². The topological polar surface area (TPSA) is 65.2 Å². The van der Waals surface area contributed by atoms with Crippen LogP contribution in [0, 0.1) is 17.1 Å². The smallest absolute Gasteiger partial charge is 0.242 e.